The molecule has 3 rings (SSSR count). The predicted octanol–water partition coefficient (Wildman–Crippen LogP) is 3.26. The highest BCUT2D eigenvalue weighted by Crippen LogP contribution is 2.33. The maximum absolute atomic E-state index is 12.9. The van der Waals surface area contributed by atoms with Gasteiger partial charge in [-0.15, -0.1) is 0 Å². The van der Waals surface area contributed by atoms with Gasteiger partial charge in [0.05, 0.1) is 17.4 Å². The number of fused-ring (bicyclic) bond motifs is 3. The molecule has 0 aliphatic heterocycles. The first kappa shape index (κ1) is 15.9. The maximum atomic E-state index is 12.9. The van der Waals surface area contributed by atoms with Crippen LogP contribution in [0.25, 0.3) is 21.9 Å². The molecule has 3 aromatic rings. The first-order valence-electron chi connectivity index (χ1n) is 6.75. The molecule has 5 nitrogen and oxygen atoms in total. The number of hydrogen-bond acceptors (Lipinski definition) is 4. The second-order valence-electron chi connectivity index (χ2n) is 5.49. The Labute approximate surface area is 134 Å². The molecule has 0 fully saturated rings. The van der Waals surface area contributed by atoms with Gasteiger partial charge in [0.15, 0.2) is 5.15 Å². The van der Waals surface area contributed by atoms with Crippen molar-refractivity contribution in [2.75, 3.05) is 14.1 Å². The molecule has 0 N–H and O–H groups in total. The quantitative estimate of drug-likeness (QED) is 0.685. The minimum absolute atomic E-state index is 0.00962. The molecule has 3 heterocycles. The Balaban J connectivity index is 2.30. The van der Waals surface area contributed by atoms with Gasteiger partial charge < -0.3 is 9.47 Å². The van der Waals surface area contributed by atoms with Crippen LogP contribution >= 0.6 is 11.6 Å². The largest absolute Gasteiger partial charge is 0.406 e. The van der Waals surface area contributed by atoms with E-state index in [0.29, 0.717) is 23.0 Å². The van der Waals surface area contributed by atoms with Crippen LogP contribution in [0.5, 0.6) is 0 Å². The average molecular weight is 344 g/mol. The van der Waals surface area contributed by atoms with Crippen molar-refractivity contribution in [3.05, 3.63) is 29.4 Å². The van der Waals surface area contributed by atoms with E-state index in [4.69, 9.17) is 11.6 Å². The van der Waals surface area contributed by atoms with Crippen molar-refractivity contribution in [2.45, 2.75) is 19.3 Å². The Hall–Kier alpha value is -1.93. The smallest absolute Gasteiger partial charge is 0.326 e. The van der Waals surface area contributed by atoms with E-state index in [9.17, 15) is 13.2 Å². The van der Waals surface area contributed by atoms with Gasteiger partial charge >= 0.3 is 6.18 Å². The SMILES string of the molecule is CN(C)Cc1cc2c3ncnc(Cl)c3n(CC(F)(F)F)c2cn1. The number of hydrogen-bond donors (Lipinski definition) is 0. The molecule has 0 atom stereocenters. The molecule has 0 amide bonds. The van der Waals surface area contributed by atoms with E-state index < -0.39 is 12.7 Å². The summed E-state index contributed by atoms with van der Waals surface area (Å²) in [7, 11) is 3.77. The van der Waals surface area contributed by atoms with Crippen LogP contribution in [0.2, 0.25) is 5.15 Å². The highest BCUT2D eigenvalue weighted by molar-refractivity contribution is 6.34. The first-order chi connectivity index (χ1) is 10.8. The Morgan fingerprint density at radius 3 is 2.61 bits per heavy atom. The van der Waals surface area contributed by atoms with Crippen LogP contribution in [0, 0.1) is 0 Å². The Morgan fingerprint density at radius 2 is 1.96 bits per heavy atom. The van der Waals surface area contributed by atoms with Crippen molar-refractivity contribution in [3.63, 3.8) is 0 Å². The summed E-state index contributed by atoms with van der Waals surface area (Å²) in [5, 5.41) is 0.574. The lowest BCUT2D eigenvalue weighted by molar-refractivity contribution is -0.139. The third-order valence-electron chi connectivity index (χ3n) is 3.35. The fourth-order valence-electron chi connectivity index (χ4n) is 2.56. The van der Waals surface area contributed by atoms with E-state index in [2.05, 4.69) is 15.0 Å². The summed E-state index contributed by atoms with van der Waals surface area (Å²) >= 11 is 6.02. The number of aromatic nitrogens is 4. The Kier molecular flexibility index (Phi) is 3.89. The molecule has 3 aromatic heterocycles. The summed E-state index contributed by atoms with van der Waals surface area (Å²) in [5.41, 5.74) is 1.64. The van der Waals surface area contributed by atoms with Crippen molar-refractivity contribution in [1.82, 2.24) is 24.4 Å². The van der Waals surface area contributed by atoms with E-state index >= 15 is 0 Å². The summed E-state index contributed by atoms with van der Waals surface area (Å²) in [5.74, 6) is 0. The molecule has 122 valence electrons. The zero-order valence-corrected chi connectivity index (χ0v) is 13.2. The summed E-state index contributed by atoms with van der Waals surface area (Å²) < 4.78 is 39.8. The molecular weight excluding hydrogens is 331 g/mol. The molecule has 23 heavy (non-hydrogen) atoms. The number of alkyl halides is 3. The Bertz CT molecular complexity index is 872. The van der Waals surface area contributed by atoms with E-state index in [1.807, 2.05) is 19.0 Å². The van der Waals surface area contributed by atoms with Gasteiger partial charge in [-0.3, -0.25) is 4.98 Å². The van der Waals surface area contributed by atoms with Crippen molar-refractivity contribution in [3.8, 4) is 0 Å². The third kappa shape index (κ3) is 3.09. The maximum Gasteiger partial charge on any atom is 0.406 e. The van der Waals surface area contributed by atoms with Gasteiger partial charge in [-0.1, -0.05) is 11.6 Å². The number of rotatable bonds is 3. The second-order valence-corrected chi connectivity index (χ2v) is 5.85. The highest BCUT2D eigenvalue weighted by Gasteiger charge is 2.31. The molecule has 9 heteroatoms. The van der Waals surface area contributed by atoms with Crippen LogP contribution in [-0.2, 0) is 13.1 Å². The molecule has 0 unspecified atom stereocenters. The summed E-state index contributed by atoms with van der Waals surface area (Å²) in [6, 6.07) is 1.74. The molecule has 0 spiro atoms. The fourth-order valence-corrected chi connectivity index (χ4v) is 2.80. The van der Waals surface area contributed by atoms with Gasteiger partial charge in [0.25, 0.3) is 0 Å². The molecular formula is C14H13ClF3N5. The number of nitrogens with zero attached hydrogens (tertiary/aromatic N) is 5. The zero-order valence-electron chi connectivity index (χ0n) is 12.4. The van der Waals surface area contributed by atoms with Gasteiger partial charge in [0, 0.05) is 11.9 Å². The number of halogens is 4. The minimum Gasteiger partial charge on any atom is -0.326 e. The molecule has 0 bridgehead atoms. The topological polar surface area (TPSA) is 46.8 Å². The van der Waals surface area contributed by atoms with Crippen molar-refractivity contribution in [1.29, 1.82) is 0 Å². The zero-order chi connectivity index (χ0) is 16.8. The predicted molar refractivity (Wildman–Crippen MR) is 81.3 cm³/mol. The van der Waals surface area contributed by atoms with Crippen molar-refractivity contribution < 1.29 is 13.2 Å². The first-order valence-corrected chi connectivity index (χ1v) is 7.13. The van der Waals surface area contributed by atoms with Gasteiger partial charge in [-0.05, 0) is 20.2 Å². The molecule has 0 aromatic carbocycles. The van der Waals surface area contributed by atoms with Gasteiger partial charge in [0.2, 0.25) is 0 Å². The van der Waals surface area contributed by atoms with Gasteiger partial charge in [-0.25, -0.2) is 9.97 Å². The van der Waals surface area contributed by atoms with Crippen LogP contribution in [0.15, 0.2) is 18.6 Å². The molecule has 0 saturated heterocycles. The van der Waals surface area contributed by atoms with Crippen LogP contribution in [-0.4, -0.2) is 44.7 Å². The van der Waals surface area contributed by atoms with Crippen LogP contribution < -0.4 is 0 Å². The lowest BCUT2D eigenvalue weighted by Crippen LogP contribution is -2.17. The highest BCUT2D eigenvalue weighted by atomic mass is 35.5. The lowest BCUT2D eigenvalue weighted by Gasteiger charge is -2.11. The Morgan fingerprint density at radius 1 is 1.22 bits per heavy atom. The summed E-state index contributed by atoms with van der Waals surface area (Å²) in [4.78, 5) is 14.1. The van der Waals surface area contributed by atoms with Crippen molar-refractivity contribution >= 4 is 33.5 Å². The molecule has 0 aliphatic carbocycles. The monoisotopic (exact) mass is 343 g/mol. The number of pyridine rings is 1. The van der Waals surface area contributed by atoms with Crippen LogP contribution in [0.3, 0.4) is 0 Å². The van der Waals surface area contributed by atoms with Crippen LogP contribution in [0.1, 0.15) is 5.69 Å². The van der Waals surface area contributed by atoms with Crippen LogP contribution in [0.4, 0.5) is 13.2 Å². The summed E-state index contributed by atoms with van der Waals surface area (Å²) in [6.45, 7) is -0.602. The van der Waals surface area contributed by atoms with Crippen molar-refractivity contribution in [2.24, 2.45) is 0 Å². The van der Waals surface area contributed by atoms with E-state index in [1.165, 1.54) is 12.5 Å². The van der Waals surface area contributed by atoms with E-state index in [1.54, 1.807) is 6.07 Å². The van der Waals surface area contributed by atoms with E-state index in [-0.39, 0.29) is 10.7 Å². The third-order valence-corrected chi connectivity index (χ3v) is 3.63. The summed E-state index contributed by atoms with van der Waals surface area (Å²) in [6.07, 6.45) is -1.72. The second kappa shape index (κ2) is 5.61. The normalized spacial score (nSPS) is 12.7. The molecule has 0 radical (unpaired) electrons. The molecule has 0 saturated carbocycles. The molecule has 0 aliphatic rings. The van der Waals surface area contributed by atoms with Gasteiger partial charge in [-0.2, -0.15) is 13.2 Å². The standard InChI is InChI=1S/C14H13ClF3N5/c1-22(2)5-8-3-9-10(4-19-8)23(6-14(16,17)18)12-11(9)20-7-21-13(12)15/h3-4,7H,5-6H2,1-2H3. The lowest BCUT2D eigenvalue weighted by atomic mass is 10.2. The minimum atomic E-state index is -4.39. The average Bonchev–Trinajstić information content (AvgIpc) is 2.72. The van der Waals surface area contributed by atoms with Gasteiger partial charge in [0.1, 0.15) is 23.9 Å². The van der Waals surface area contributed by atoms with E-state index in [0.717, 1.165) is 10.3 Å². The fraction of sp³-hybridized carbons (Fsp3) is 0.357.